The number of thiazole rings is 1. The first-order chi connectivity index (χ1) is 14.4. The molecule has 3 saturated carbocycles. The van der Waals surface area contributed by atoms with Crippen molar-refractivity contribution in [1.82, 2.24) is 9.88 Å². The molecule has 1 spiro atoms. The number of hydrogen-bond donors (Lipinski definition) is 2. The molecule has 160 valence electrons. The van der Waals surface area contributed by atoms with Gasteiger partial charge < -0.3 is 10.1 Å². The van der Waals surface area contributed by atoms with Crippen molar-refractivity contribution in [2.45, 2.75) is 60.6 Å². The lowest BCUT2D eigenvalue weighted by molar-refractivity contribution is -0.142. The van der Waals surface area contributed by atoms with Crippen molar-refractivity contribution in [3.05, 3.63) is 14.5 Å². The predicted octanol–water partition coefficient (Wildman–Crippen LogP) is 2.45. The average Bonchev–Trinajstić information content (AvgIpc) is 3.43. The molecular formula is C21H24N2O5S2. The van der Waals surface area contributed by atoms with E-state index in [0.29, 0.717) is 5.92 Å². The normalized spacial score (nSPS) is 38.1. The maximum absolute atomic E-state index is 13.2. The van der Waals surface area contributed by atoms with Crippen LogP contribution in [0, 0.1) is 29.6 Å². The molecule has 2 amide bonds. The number of aromatic amines is 1. The lowest BCUT2D eigenvalue weighted by Gasteiger charge is -2.52. The molecule has 6 rings (SSSR count). The molecule has 0 unspecified atom stereocenters. The SMILES string of the molecule is O=C(O)CCN1C(=O)[C@@H]2[C@H]3C[C@@H]([C@@H]4Sc5[nH]c(=O)sc5C5(CCCCC5)[C@@H]34)[C@H]2C1=O. The Morgan fingerprint density at radius 1 is 1.10 bits per heavy atom. The molecule has 6 atom stereocenters. The van der Waals surface area contributed by atoms with Crippen LogP contribution in [0.1, 0.15) is 49.8 Å². The Hall–Kier alpha value is -1.61. The van der Waals surface area contributed by atoms with Crippen LogP contribution in [0.15, 0.2) is 9.82 Å². The maximum atomic E-state index is 13.2. The third kappa shape index (κ3) is 2.33. The summed E-state index contributed by atoms with van der Waals surface area (Å²) in [5.74, 6) is -1.30. The van der Waals surface area contributed by atoms with Gasteiger partial charge in [-0.15, -0.1) is 11.8 Å². The Labute approximate surface area is 181 Å². The fourth-order valence-corrected chi connectivity index (χ4v) is 10.7. The van der Waals surface area contributed by atoms with E-state index in [2.05, 4.69) is 4.98 Å². The third-order valence-corrected chi connectivity index (χ3v) is 11.1. The Morgan fingerprint density at radius 3 is 2.50 bits per heavy atom. The Morgan fingerprint density at radius 2 is 1.80 bits per heavy atom. The summed E-state index contributed by atoms with van der Waals surface area (Å²) in [4.78, 5) is 55.1. The monoisotopic (exact) mass is 448 g/mol. The zero-order chi connectivity index (χ0) is 20.8. The summed E-state index contributed by atoms with van der Waals surface area (Å²) in [7, 11) is 0. The fraction of sp³-hybridized carbons (Fsp3) is 0.714. The topological polar surface area (TPSA) is 108 Å². The highest BCUT2D eigenvalue weighted by atomic mass is 32.2. The minimum Gasteiger partial charge on any atom is -0.481 e. The number of rotatable bonds is 3. The van der Waals surface area contributed by atoms with E-state index in [1.54, 1.807) is 11.8 Å². The summed E-state index contributed by atoms with van der Waals surface area (Å²) >= 11 is 3.08. The molecule has 2 bridgehead atoms. The first kappa shape index (κ1) is 19.1. The number of nitrogens with zero attached hydrogens (tertiary/aromatic N) is 1. The second-order valence-corrected chi connectivity index (χ2v) is 11.8. The van der Waals surface area contributed by atoms with Crippen LogP contribution in [0.5, 0.6) is 0 Å². The Bertz CT molecular complexity index is 1010. The molecule has 1 saturated heterocycles. The minimum atomic E-state index is -0.991. The van der Waals surface area contributed by atoms with Gasteiger partial charge in [-0.1, -0.05) is 30.6 Å². The highest BCUT2D eigenvalue weighted by Gasteiger charge is 2.71. The number of hydrogen-bond acceptors (Lipinski definition) is 6. The summed E-state index contributed by atoms with van der Waals surface area (Å²) in [5.41, 5.74) is -0.0461. The first-order valence-electron chi connectivity index (χ1n) is 10.9. The molecule has 5 aliphatic rings. The second-order valence-electron chi connectivity index (χ2n) is 9.58. The summed E-state index contributed by atoms with van der Waals surface area (Å²) in [6, 6.07) is 0. The molecule has 1 aromatic rings. The summed E-state index contributed by atoms with van der Waals surface area (Å²) in [5, 5.41) is 10.3. The Kier molecular flexibility index (Phi) is 4.11. The van der Waals surface area contributed by atoms with Crippen LogP contribution in [0.2, 0.25) is 0 Å². The zero-order valence-corrected chi connectivity index (χ0v) is 18.1. The number of carboxylic acids is 1. The van der Waals surface area contributed by atoms with E-state index in [1.807, 2.05) is 0 Å². The van der Waals surface area contributed by atoms with Gasteiger partial charge in [0.1, 0.15) is 0 Å². The van der Waals surface area contributed by atoms with Gasteiger partial charge in [-0.3, -0.25) is 24.1 Å². The number of carboxylic acid groups (broad SMARTS) is 1. The second kappa shape index (κ2) is 6.45. The van der Waals surface area contributed by atoms with Crippen LogP contribution in [-0.2, 0) is 19.8 Å². The van der Waals surface area contributed by atoms with Gasteiger partial charge in [0.15, 0.2) is 0 Å². The number of likely N-dealkylation sites (tertiary alicyclic amines) is 1. The minimum absolute atomic E-state index is 0.00281. The summed E-state index contributed by atoms with van der Waals surface area (Å²) < 4.78 is 0. The van der Waals surface area contributed by atoms with E-state index in [0.717, 1.165) is 37.1 Å². The van der Waals surface area contributed by atoms with Crippen LogP contribution < -0.4 is 4.87 Å². The predicted molar refractivity (Wildman–Crippen MR) is 110 cm³/mol. The quantitative estimate of drug-likeness (QED) is 0.688. The summed E-state index contributed by atoms with van der Waals surface area (Å²) in [6.45, 7) is -0.0201. The number of amides is 2. The van der Waals surface area contributed by atoms with Crippen LogP contribution >= 0.6 is 23.1 Å². The lowest BCUT2D eigenvalue weighted by atomic mass is 9.57. The molecule has 4 fully saturated rings. The highest BCUT2D eigenvalue weighted by molar-refractivity contribution is 8.00. The van der Waals surface area contributed by atoms with Crippen LogP contribution in [0.4, 0.5) is 0 Å². The van der Waals surface area contributed by atoms with Crippen molar-refractivity contribution in [2.75, 3.05) is 6.54 Å². The number of fused-ring (bicyclic) bond motifs is 11. The largest absolute Gasteiger partial charge is 0.481 e. The van der Waals surface area contributed by atoms with E-state index >= 15 is 0 Å². The molecule has 30 heavy (non-hydrogen) atoms. The van der Waals surface area contributed by atoms with Crippen LogP contribution in [0.25, 0.3) is 0 Å². The van der Waals surface area contributed by atoms with Crippen molar-refractivity contribution < 1.29 is 19.5 Å². The van der Waals surface area contributed by atoms with Gasteiger partial charge in [-0.05, 0) is 37.0 Å². The van der Waals surface area contributed by atoms with Gasteiger partial charge >= 0.3 is 10.8 Å². The molecule has 2 N–H and O–H groups in total. The van der Waals surface area contributed by atoms with Crippen molar-refractivity contribution in [2.24, 2.45) is 29.6 Å². The van der Waals surface area contributed by atoms with E-state index in [-0.39, 0.29) is 64.0 Å². The smallest absolute Gasteiger partial charge is 0.305 e. The number of H-pyrrole nitrogens is 1. The number of carbonyl (C=O) groups is 3. The van der Waals surface area contributed by atoms with Crippen molar-refractivity contribution in [3.8, 4) is 0 Å². The van der Waals surface area contributed by atoms with Gasteiger partial charge in [0, 0.05) is 22.1 Å². The molecular weight excluding hydrogens is 424 g/mol. The number of imide groups is 1. The summed E-state index contributed by atoms with van der Waals surface area (Å²) in [6.07, 6.45) is 6.31. The standard InChI is InChI=1S/C21H24N2O5S2/c24-11(25)4-7-23-18(26)12-9-8-10(13(12)19(23)27)15-14(9)21(5-2-1-3-6-21)16-17(29-15)22-20(28)30-16/h9-10,12-15H,1-8H2,(H,22,28)(H,24,25)/t9-,10-,12-,13-,14+,15+/m1/s1. The van der Waals surface area contributed by atoms with Gasteiger partial charge in [0.05, 0.1) is 23.3 Å². The van der Waals surface area contributed by atoms with Crippen LogP contribution in [-0.4, -0.2) is 44.6 Å². The molecule has 0 radical (unpaired) electrons. The van der Waals surface area contributed by atoms with E-state index in [9.17, 15) is 19.2 Å². The molecule has 0 aromatic carbocycles. The number of aromatic nitrogens is 1. The number of thioether (sulfide) groups is 1. The van der Waals surface area contributed by atoms with E-state index in [4.69, 9.17) is 5.11 Å². The van der Waals surface area contributed by atoms with E-state index < -0.39 is 5.97 Å². The first-order valence-corrected chi connectivity index (χ1v) is 12.6. The van der Waals surface area contributed by atoms with Crippen LogP contribution in [0.3, 0.4) is 0 Å². The third-order valence-electron chi connectivity index (χ3n) is 8.45. The van der Waals surface area contributed by atoms with Gasteiger partial charge in [0.25, 0.3) is 0 Å². The highest BCUT2D eigenvalue weighted by Crippen LogP contribution is 2.71. The Balaban J connectivity index is 1.41. The molecule has 1 aromatic heterocycles. The molecule has 7 nitrogen and oxygen atoms in total. The number of nitrogens with one attached hydrogen (secondary N) is 1. The van der Waals surface area contributed by atoms with Crippen molar-refractivity contribution in [3.63, 3.8) is 0 Å². The fourth-order valence-electron chi connectivity index (χ4n) is 7.57. The molecule has 9 heteroatoms. The van der Waals surface area contributed by atoms with Gasteiger partial charge in [-0.2, -0.15) is 0 Å². The maximum Gasteiger partial charge on any atom is 0.305 e. The van der Waals surface area contributed by atoms with E-state index in [1.165, 1.54) is 27.5 Å². The molecule has 3 heterocycles. The lowest BCUT2D eigenvalue weighted by Crippen LogP contribution is -2.51. The number of aliphatic carboxylic acids is 1. The van der Waals surface area contributed by atoms with Gasteiger partial charge in [0.2, 0.25) is 11.8 Å². The van der Waals surface area contributed by atoms with Crippen molar-refractivity contribution >= 4 is 40.9 Å². The number of carbonyl (C=O) groups excluding carboxylic acids is 2. The molecule has 2 aliphatic heterocycles. The van der Waals surface area contributed by atoms with Gasteiger partial charge in [-0.25, -0.2) is 0 Å². The average molecular weight is 449 g/mol. The zero-order valence-electron chi connectivity index (χ0n) is 16.5. The molecule has 3 aliphatic carbocycles. The van der Waals surface area contributed by atoms with Crippen molar-refractivity contribution in [1.29, 1.82) is 0 Å².